The molecule has 0 aliphatic carbocycles. The number of para-hydroxylation sites is 1. The number of hydrogen-bond acceptors (Lipinski definition) is 5. The smallest absolute Gasteiger partial charge is 0.276 e. The molecule has 0 radical (unpaired) electrons. The van der Waals surface area contributed by atoms with Gasteiger partial charge in [-0.3, -0.25) is 14.5 Å². The van der Waals surface area contributed by atoms with Gasteiger partial charge in [0.1, 0.15) is 0 Å². The van der Waals surface area contributed by atoms with Gasteiger partial charge in [0.15, 0.2) is 10.9 Å². The number of carbonyl (C=O) groups is 2. The molecule has 2 amide bonds. The molecule has 1 atom stereocenters. The highest BCUT2D eigenvalue weighted by atomic mass is 32.2. The average Bonchev–Trinajstić information content (AvgIpc) is 3.10. The van der Waals surface area contributed by atoms with Crippen LogP contribution in [0, 0.1) is 6.92 Å². The molecule has 1 saturated heterocycles. The van der Waals surface area contributed by atoms with Crippen LogP contribution in [0.15, 0.2) is 58.7 Å². The minimum Gasteiger partial charge on any atom is -0.320 e. The summed E-state index contributed by atoms with van der Waals surface area (Å²) in [7, 11) is 0. The van der Waals surface area contributed by atoms with Gasteiger partial charge in [-0.2, -0.15) is 0 Å². The van der Waals surface area contributed by atoms with E-state index in [-0.39, 0.29) is 22.8 Å². The highest BCUT2D eigenvalue weighted by Gasteiger charge is 2.36. The van der Waals surface area contributed by atoms with E-state index in [2.05, 4.69) is 15.5 Å². The number of aryl methyl sites for hydroxylation is 1. The molecule has 2 heterocycles. The van der Waals surface area contributed by atoms with Gasteiger partial charge in [0.2, 0.25) is 5.91 Å². The van der Waals surface area contributed by atoms with Gasteiger partial charge in [0.25, 0.3) is 5.91 Å². The van der Waals surface area contributed by atoms with Crippen LogP contribution >= 0.6 is 11.8 Å². The van der Waals surface area contributed by atoms with Gasteiger partial charge in [-0.05, 0) is 32.0 Å². The highest BCUT2D eigenvalue weighted by molar-refractivity contribution is 8.16. The van der Waals surface area contributed by atoms with Crippen LogP contribution in [0.25, 0.3) is 0 Å². The minimum atomic E-state index is -0.292. The molecule has 1 N–H and O–H groups in total. The summed E-state index contributed by atoms with van der Waals surface area (Å²) in [5.41, 5.74) is 3.54. The zero-order valence-electron chi connectivity index (χ0n) is 14.3. The van der Waals surface area contributed by atoms with E-state index in [4.69, 9.17) is 0 Å². The Bertz CT molecular complexity index is 966. The second-order valence-corrected chi connectivity index (χ2v) is 7.41. The third kappa shape index (κ3) is 2.80. The van der Waals surface area contributed by atoms with E-state index < -0.39 is 0 Å². The molecule has 2 aromatic rings. The summed E-state index contributed by atoms with van der Waals surface area (Å²) in [5.74, 6) is -0.339. The Labute approximate surface area is 155 Å². The lowest BCUT2D eigenvalue weighted by Gasteiger charge is -2.15. The van der Waals surface area contributed by atoms with Crippen LogP contribution in [0.2, 0.25) is 0 Å². The lowest BCUT2D eigenvalue weighted by atomic mass is 10.1. The largest absolute Gasteiger partial charge is 0.320 e. The van der Waals surface area contributed by atoms with E-state index in [1.807, 2.05) is 62.4 Å². The number of anilines is 2. The van der Waals surface area contributed by atoms with Crippen LogP contribution < -0.4 is 10.2 Å². The van der Waals surface area contributed by atoms with Crippen LogP contribution in [0.1, 0.15) is 18.1 Å². The minimum absolute atomic E-state index is 0.0472. The topological polar surface area (TPSA) is 74.1 Å². The summed E-state index contributed by atoms with van der Waals surface area (Å²) >= 11 is 1.33. The van der Waals surface area contributed by atoms with Crippen molar-refractivity contribution in [1.82, 2.24) is 0 Å². The maximum absolute atomic E-state index is 12.6. The zero-order valence-corrected chi connectivity index (χ0v) is 15.1. The quantitative estimate of drug-likeness (QED) is 0.832. The molecular weight excluding hydrogens is 348 g/mol. The first kappa shape index (κ1) is 16.5. The summed E-state index contributed by atoms with van der Waals surface area (Å²) in [6.07, 6.45) is 0. The Morgan fingerprint density at radius 2 is 1.77 bits per heavy atom. The molecule has 130 valence electrons. The van der Waals surface area contributed by atoms with Crippen LogP contribution in [-0.2, 0) is 9.59 Å². The molecule has 1 unspecified atom stereocenters. The first-order valence-corrected chi connectivity index (χ1v) is 9.06. The maximum Gasteiger partial charge on any atom is 0.276 e. The van der Waals surface area contributed by atoms with Gasteiger partial charge < -0.3 is 5.32 Å². The molecule has 7 heteroatoms. The van der Waals surface area contributed by atoms with E-state index in [0.717, 1.165) is 16.9 Å². The van der Waals surface area contributed by atoms with E-state index in [9.17, 15) is 9.59 Å². The van der Waals surface area contributed by atoms with Crippen molar-refractivity contribution in [2.24, 2.45) is 10.2 Å². The Hall–Kier alpha value is -2.93. The normalized spacial score (nSPS) is 22.2. The molecule has 2 aliphatic rings. The van der Waals surface area contributed by atoms with Gasteiger partial charge in [-0.25, -0.2) is 0 Å². The number of thioether (sulfide) groups is 1. The van der Waals surface area contributed by atoms with E-state index in [0.29, 0.717) is 10.7 Å². The number of nitrogens with zero attached hydrogens (tertiary/aromatic N) is 3. The molecule has 0 saturated carbocycles. The van der Waals surface area contributed by atoms with Crippen molar-refractivity contribution >= 4 is 45.8 Å². The molecule has 4 rings (SSSR count). The van der Waals surface area contributed by atoms with Gasteiger partial charge in [0.05, 0.1) is 16.6 Å². The van der Waals surface area contributed by atoms with Gasteiger partial charge in [-0.1, -0.05) is 47.7 Å². The molecule has 2 aromatic carbocycles. The van der Waals surface area contributed by atoms with Crippen LogP contribution in [0.3, 0.4) is 0 Å². The number of nitrogens with one attached hydrogen (secondary N) is 1. The van der Waals surface area contributed by atoms with Crippen molar-refractivity contribution in [2.45, 2.75) is 19.1 Å². The first-order chi connectivity index (χ1) is 12.5. The fourth-order valence-corrected chi connectivity index (χ4v) is 3.74. The number of rotatable bonds is 2. The predicted molar refractivity (Wildman–Crippen MR) is 105 cm³/mol. The van der Waals surface area contributed by atoms with Gasteiger partial charge >= 0.3 is 0 Å². The highest BCUT2D eigenvalue weighted by Crippen LogP contribution is 2.32. The summed E-state index contributed by atoms with van der Waals surface area (Å²) in [6.45, 7) is 3.82. The maximum atomic E-state index is 12.6. The average molecular weight is 364 g/mol. The molecule has 0 aromatic heterocycles. The third-order valence-corrected chi connectivity index (χ3v) is 5.25. The van der Waals surface area contributed by atoms with E-state index in [1.54, 1.807) is 4.90 Å². The Balaban J connectivity index is 1.72. The van der Waals surface area contributed by atoms with Crippen molar-refractivity contribution in [3.05, 3.63) is 59.7 Å². The second-order valence-electron chi connectivity index (χ2n) is 6.10. The molecular formula is C19H16N4O2S. The lowest BCUT2D eigenvalue weighted by molar-refractivity contribution is -0.116. The van der Waals surface area contributed by atoms with Crippen LogP contribution in [0.4, 0.5) is 11.4 Å². The number of benzene rings is 2. The standard InChI is InChI=1S/C19H16N4O2S/c1-11-7-9-13(10-8-11)23-18(25)12(2)26-19(23)22-21-16-14-5-3-4-6-15(14)20-17(16)24/h3-10,12H,1-2H3,(H,20,21,24)/b22-19+. The zero-order chi connectivity index (χ0) is 18.3. The van der Waals surface area contributed by atoms with Crippen molar-refractivity contribution in [1.29, 1.82) is 0 Å². The molecule has 0 spiro atoms. The van der Waals surface area contributed by atoms with Crippen molar-refractivity contribution < 1.29 is 9.59 Å². The van der Waals surface area contributed by atoms with E-state index >= 15 is 0 Å². The van der Waals surface area contributed by atoms with Gasteiger partial charge in [0, 0.05) is 5.56 Å². The van der Waals surface area contributed by atoms with Crippen LogP contribution in [-0.4, -0.2) is 27.9 Å². The molecule has 26 heavy (non-hydrogen) atoms. The molecule has 1 fully saturated rings. The number of carbonyl (C=O) groups excluding carboxylic acids is 2. The summed E-state index contributed by atoms with van der Waals surface area (Å²) in [5, 5.41) is 11.4. The van der Waals surface area contributed by atoms with Crippen molar-refractivity contribution in [3.8, 4) is 0 Å². The molecule has 2 aliphatic heterocycles. The van der Waals surface area contributed by atoms with Crippen LogP contribution in [0.5, 0.6) is 0 Å². The summed E-state index contributed by atoms with van der Waals surface area (Å²) < 4.78 is 0. The molecule has 0 bridgehead atoms. The fourth-order valence-electron chi connectivity index (χ4n) is 2.83. The first-order valence-electron chi connectivity index (χ1n) is 8.18. The number of fused-ring (bicyclic) bond motifs is 1. The SMILES string of the molecule is Cc1ccc(N2C(=O)C(C)S/C2=N/N=C2/C(=O)Nc3ccccc32)cc1. The number of hydrogen-bond donors (Lipinski definition) is 1. The Morgan fingerprint density at radius 1 is 1.04 bits per heavy atom. The summed E-state index contributed by atoms with van der Waals surface area (Å²) in [4.78, 5) is 26.3. The second kappa shape index (κ2) is 6.42. The van der Waals surface area contributed by atoms with Crippen molar-refractivity contribution in [2.75, 3.05) is 10.2 Å². The Kier molecular flexibility index (Phi) is 4.08. The Morgan fingerprint density at radius 3 is 2.54 bits per heavy atom. The van der Waals surface area contributed by atoms with E-state index in [1.165, 1.54) is 11.8 Å². The lowest BCUT2D eigenvalue weighted by Crippen LogP contribution is -2.31. The molecule has 6 nitrogen and oxygen atoms in total. The van der Waals surface area contributed by atoms with Gasteiger partial charge in [-0.15, -0.1) is 10.2 Å². The third-order valence-electron chi connectivity index (χ3n) is 4.21. The number of amides is 2. The predicted octanol–water partition coefficient (Wildman–Crippen LogP) is 3.18. The summed E-state index contributed by atoms with van der Waals surface area (Å²) in [6, 6.07) is 15.0. The number of amidine groups is 1. The fraction of sp³-hybridized carbons (Fsp3) is 0.158. The van der Waals surface area contributed by atoms with Crippen molar-refractivity contribution in [3.63, 3.8) is 0 Å². The monoisotopic (exact) mass is 364 g/mol.